The highest BCUT2D eigenvalue weighted by molar-refractivity contribution is 5.77. The van der Waals surface area contributed by atoms with E-state index in [0.29, 0.717) is 5.39 Å². The zero-order valence-corrected chi connectivity index (χ0v) is 7.61. The predicted molar refractivity (Wildman–Crippen MR) is 51.7 cm³/mol. The van der Waals surface area contributed by atoms with Crippen molar-refractivity contribution in [2.45, 2.75) is 6.92 Å². The van der Waals surface area contributed by atoms with Crippen LogP contribution >= 0.6 is 0 Å². The Bertz CT molecular complexity index is 509. The van der Waals surface area contributed by atoms with Gasteiger partial charge in [0.25, 0.3) is 5.56 Å². The van der Waals surface area contributed by atoms with E-state index < -0.39 is 0 Å². The first kappa shape index (κ1) is 7.98. The van der Waals surface area contributed by atoms with Crippen LogP contribution in [0.3, 0.4) is 0 Å². The normalized spacial score (nSPS) is 10.6. The van der Waals surface area contributed by atoms with Crippen LogP contribution in [0.2, 0.25) is 0 Å². The third-order valence-corrected chi connectivity index (χ3v) is 2.07. The van der Waals surface area contributed by atoms with Crippen molar-refractivity contribution in [3.8, 4) is 0 Å². The molecule has 0 atom stereocenters. The van der Waals surface area contributed by atoms with Gasteiger partial charge in [0.15, 0.2) is 0 Å². The molecule has 0 aliphatic carbocycles. The minimum atomic E-state index is 0.00806. The number of hydrogen-bond donors (Lipinski definition) is 0. The molecule has 1 heterocycles. The number of nitrogens with zero attached hydrogens (tertiary/aromatic N) is 2. The van der Waals surface area contributed by atoms with Gasteiger partial charge in [-0.05, 0) is 19.1 Å². The Morgan fingerprint density at radius 1 is 1.38 bits per heavy atom. The topological polar surface area (TPSA) is 34.9 Å². The fourth-order valence-corrected chi connectivity index (χ4v) is 1.32. The molecular weight excluding hydrogens is 164 g/mol. The molecule has 0 radical (unpaired) electrons. The lowest BCUT2D eigenvalue weighted by atomic mass is 10.2. The second-order valence-electron chi connectivity index (χ2n) is 3.18. The second kappa shape index (κ2) is 2.69. The van der Waals surface area contributed by atoms with Gasteiger partial charge in [-0.25, -0.2) is 4.98 Å². The number of aromatic nitrogens is 2. The van der Waals surface area contributed by atoms with Crippen molar-refractivity contribution in [3.63, 3.8) is 0 Å². The molecule has 2 rings (SSSR count). The van der Waals surface area contributed by atoms with Crippen LogP contribution in [0.1, 0.15) is 5.56 Å². The smallest absolute Gasteiger partial charge is 0.260 e. The summed E-state index contributed by atoms with van der Waals surface area (Å²) in [6, 6.07) is 5.69. The largest absolute Gasteiger partial charge is 0.302 e. The monoisotopic (exact) mass is 174 g/mol. The van der Waals surface area contributed by atoms with Crippen molar-refractivity contribution in [2.24, 2.45) is 7.05 Å². The first-order valence-electron chi connectivity index (χ1n) is 4.10. The first-order valence-corrected chi connectivity index (χ1v) is 4.10. The van der Waals surface area contributed by atoms with Gasteiger partial charge in [0.05, 0.1) is 17.2 Å². The van der Waals surface area contributed by atoms with E-state index in [0.717, 1.165) is 11.1 Å². The second-order valence-corrected chi connectivity index (χ2v) is 3.18. The molecule has 13 heavy (non-hydrogen) atoms. The molecular formula is C10H10N2O. The van der Waals surface area contributed by atoms with E-state index in [1.54, 1.807) is 13.4 Å². The summed E-state index contributed by atoms with van der Waals surface area (Å²) in [7, 11) is 1.71. The highest BCUT2D eigenvalue weighted by Crippen LogP contribution is 2.07. The summed E-state index contributed by atoms with van der Waals surface area (Å²) in [5, 5.41) is 0.685. The molecule has 0 saturated carbocycles. The lowest BCUT2D eigenvalue weighted by Crippen LogP contribution is -2.16. The van der Waals surface area contributed by atoms with E-state index in [1.807, 2.05) is 25.1 Å². The van der Waals surface area contributed by atoms with Gasteiger partial charge in [0.1, 0.15) is 0 Å². The lowest BCUT2D eigenvalue weighted by Gasteiger charge is -2.00. The highest BCUT2D eigenvalue weighted by atomic mass is 16.1. The van der Waals surface area contributed by atoms with E-state index in [-0.39, 0.29) is 5.56 Å². The van der Waals surface area contributed by atoms with Gasteiger partial charge in [-0.15, -0.1) is 0 Å². The van der Waals surface area contributed by atoms with Crippen LogP contribution in [-0.4, -0.2) is 9.55 Å². The van der Waals surface area contributed by atoms with Crippen LogP contribution in [0.25, 0.3) is 10.9 Å². The summed E-state index contributed by atoms with van der Waals surface area (Å²) in [4.78, 5) is 15.7. The van der Waals surface area contributed by atoms with E-state index in [1.165, 1.54) is 4.57 Å². The van der Waals surface area contributed by atoms with Crippen LogP contribution in [0.15, 0.2) is 29.3 Å². The third-order valence-electron chi connectivity index (χ3n) is 2.07. The van der Waals surface area contributed by atoms with E-state index in [9.17, 15) is 4.79 Å². The maximum absolute atomic E-state index is 11.6. The highest BCUT2D eigenvalue weighted by Gasteiger charge is 2.00. The molecule has 1 aromatic carbocycles. The number of fused-ring (bicyclic) bond motifs is 1. The number of benzene rings is 1. The Morgan fingerprint density at radius 3 is 2.92 bits per heavy atom. The molecule has 0 aliphatic heterocycles. The molecule has 2 aromatic rings. The summed E-state index contributed by atoms with van der Waals surface area (Å²) in [5.41, 5.74) is 1.85. The number of hydrogen-bond acceptors (Lipinski definition) is 2. The van der Waals surface area contributed by atoms with Gasteiger partial charge in [-0.1, -0.05) is 11.6 Å². The van der Waals surface area contributed by atoms with Crippen molar-refractivity contribution < 1.29 is 0 Å². The zero-order valence-electron chi connectivity index (χ0n) is 7.61. The average Bonchev–Trinajstić information content (AvgIpc) is 2.12. The van der Waals surface area contributed by atoms with Crippen molar-refractivity contribution in [1.82, 2.24) is 9.55 Å². The predicted octanol–water partition coefficient (Wildman–Crippen LogP) is 1.24. The van der Waals surface area contributed by atoms with E-state index in [2.05, 4.69) is 4.98 Å². The van der Waals surface area contributed by atoms with Crippen molar-refractivity contribution in [1.29, 1.82) is 0 Å². The molecule has 0 unspecified atom stereocenters. The Labute approximate surface area is 75.7 Å². The molecule has 0 bridgehead atoms. The van der Waals surface area contributed by atoms with Crippen LogP contribution in [0.4, 0.5) is 0 Å². The van der Waals surface area contributed by atoms with E-state index >= 15 is 0 Å². The van der Waals surface area contributed by atoms with Crippen LogP contribution < -0.4 is 5.56 Å². The van der Waals surface area contributed by atoms with Gasteiger partial charge in [-0.3, -0.25) is 4.79 Å². The van der Waals surface area contributed by atoms with Crippen LogP contribution in [0.5, 0.6) is 0 Å². The van der Waals surface area contributed by atoms with Crippen molar-refractivity contribution in [3.05, 3.63) is 40.4 Å². The van der Waals surface area contributed by atoms with Gasteiger partial charge in [-0.2, -0.15) is 0 Å². The molecule has 0 N–H and O–H groups in total. The summed E-state index contributed by atoms with van der Waals surface area (Å²) in [6.07, 6.45) is 1.54. The number of rotatable bonds is 0. The molecule has 1 aromatic heterocycles. The molecule has 0 fully saturated rings. The first-order chi connectivity index (χ1) is 6.18. The average molecular weight is 174 g/mol. The van der Waals surface area contributed by atoms with Crippen molar-refractivity contribution >= 4 is 10.9 Å². The molecule has 0 saturated heterocycles. The molecule has 0 amide bonds. The Morgan fingerprint density at radius 2 is 2.15 bits per heavy atom. The fraction of sp³-hybridized carbons (Fsp3) is 0.200. The summed E-state index contributed by atoms with van der Waals surface area (Å²) < 4.78 is 1.49. The standard InChI is InChI=1S/C10H10N2O/c1-7-3-4-9-8(5-7)10(13)12(2)6-11-9/h3-6H,1-2H3. The lowest BCUT2D eigenvalue weighted by molar-refractivity contribution is 0.842. The van der Waals surface area contributed by atoms with Crippen LogP contribution in [0, 0.1) is 6.92 Å². The SMILES string of the molecule is Cc1ccc2ncn(C)c(=O)c2c1. The zero-order chi connectivity index (χ0) is 9.42. The van der Waals surface area contributed by atoms with Crippen molar-refractivity contribution in [2.75, 3.05) is 0 Å². The molecule has 0 spiro atoms. The summed E-state index contributed by atoms with van der Waals surface area (Å²) >= 11 is 0. The number of aryl methyl sites for hydroxylation is 2. The van der Waals surface area contributed by atoms with Gasteiger partial charge < -0.3 is 4.57 Å². The van der Waals surface area contributed by atoms with Gasteiger partial charge in [0.2, 0.25) is 0 Å². The minimum absolute atomic E-state index is 0.00806. The molecule has 66 valence electrons. The maximum atomic E-state index is 11.6. The Kier molecular flexibility index (Phi) is 1.65. The summed E-state index contributed by atoms with van der Waals surface area (Å²) in [6.45, 7) is 1.96. The van der Waals surface area contributed by atoms with Gasteiger partial charge in [0, 0.05) is 7.05 Å². The molecule has 0 aliphatic rings. The van der Waals surface area contributed by atoms with Crippen LogP contribution in [-0.2, 0) is 7.05 Å². The quantitative estimate of drug-likeness (QED) is 0.602. The Balaban J connectivity index is 2.97. The van der Waals surface area contributed by atoms with Gasteiger partial charge >= 0.3 is 0 Å². The maximum Gasteiger partial charge on any atom is 0.260 e. The molecule has 3 heteroatoms. The minimum Gasteiger partial charge on any atom is -0.302 e. The fourth-order valence-electron chi connectivity index (χ4n) is 1.32. The molecule has 3 nitrogen and oxygen atoms in total. The third kappa shape index (κ3) is 1.22. The van der Waals surface area contributed by atoms with E-state index in [4.69, 9.17) is 0 Å². The summed E-state index contributed by atoms with van der Waals surface area (Å²) in [5.74, 6) is 0. The Hall–Kier alpha value is -1.64.